The quantitative estimate of drug-likeness (QED) is 0.386. The van der Waals surface area contributed by atoms with Gasteiger partial charge < -0.3 is 8.92 Å². The van der Waals surface area contributed by atoms with Crippen molar-refractivity contribution in [3.63, 3.8) is 0 Å². The van der Waals surface area contributed by atoms with Crippen LogP contribution in [-0.4, -0.2) is 18.9 Å². The zero-order valence-electron chi connectivity index (χ0n) is 14.6. The minimum absolute atomic E-state index is 0.110. The summed E-state index contributed by atoms with van der Waals surface area (Å²) in [4.78, 5) is 3.95. The Morgan fingerprint density at radius 3 is 2.38 bits per heavy atom. The van der Waals surface area contributed by atoms with E-state index in [0.717, 1.165) is 11.6 Å². The molecule has 152 valence electrons. The maximum Gasteiger partial charge on any atom is 0.534 e. The Kier molecular flexibility index (Phi) is 5.99. The highest BCUT2D eigenvalue weighted by Gasteiger charge is 2.48. The van der Waals surface area contributed by atoms with Crippen LogP contribution < -0.4 is 8.92 Å². The molecular weight excluding hydrogens is 431 g/mol. The van der Waals surface area contributed by atoms with Gasteiger partial charge in [0.15, 0.2) is 5.75 Å². The number of aromatic nitrogens is 1. The molecule has 0 aliphatic carbocycles. The van der Waals surface area contributed by atoms with Gasteiger partial charge in [-0.1, -0.05) is 48.0 Å². The third-order valence-corrected chi connectivity index (χ3v) is 4.97. The number of rotatable bonds is 6. The lowest BCUT2D eigenvalue weighted by molar-refractivity contribution is -0.0499. The number of benzene rings is 2. The van der Waals surface area contributed by atoms with Crippen molar-refractivity contribution in [1.29, 1.82) is 0 Å². The Hall–Kier alpha value is -2.78. The van der Waals surface area contributed by atoms with E-state index in [9.17, 15) is 21.6 Å². The molecule has 0 fully saturated rings. The number of halogens is 4. The van der Waals surface area contributed by atoms with E-state index in [1.165, 1.54) is 30.5 Å². The molecule has 29 heavy (non-hydrogen) atoms. The highest BCUT2D eigenvalue weighted by molar-refractivity contribution is 7.88. The van der Waals surface area contributed by atoms with Crippen molar-refractivity contribution in [2.45, 2.75) is 12.1 Å². The largest absolute Gasteiger partial charge is 0.534 e. The molecule has 0 aliphatic heterocycles. The van der Waals surface area contributed by atoms with Gasteiger partial charge in [-0.15, -0.1) is 0 Å². The molecule has 3 aromatic rings. The van der Waals surface area contributed by atoms with Gasteiger partial charge in [-0.05, 0) is 29.8 Å². The first-order chi connectivity index (χ1) is 13.7. The molecule has 0 bridgehead atoms. The topological polar surface area (TPSA) is 65.5 Å². The van der Waals surface area contributed by atoms with E-state index < -0.39 is 21.4 Å². The van der Waals surface area contributed by atoms with Crippen molar-refractivity contribution in [2.75, 3.05) is 0 Å². The smallest absolute Gasteiger partial charge is 0.487 e. The van der Waals surface area contributed by atoms with Gasteiger partial charge in [0, 0.05) is 11.8 Å². The number of hydrogen-bond acceptors (Lipinski definition) is 5. The van der Waals surface area contributed by atoms with Gasteiger partial charge in [-0.2, -0.15) is 21.6 Å². The zero-order chi connectivity index (χ0) is 21.1. The van der Waals surface area contributed by atoms with Gasteiger partial charge in [0.05, 0.1) is 5.02 Å². The average molecular weight is 444 g/mol. The summed E-state index contributed by atoms with van der Waals surface area (Å²) >= 11 is 6.13. The van der Waals surface area contributed by atoms with Gasteiger partial charge in [0.25, 0.3) is 0 Å². The predicted octanol–water partition coefficient (Wildman–Crippen LogP) is 5.21. The second kappa shape index (κ2) is 8.30. The van der Waals surface area contributed by atoms with Crippen LogP contribution >= 0.6 is 11.6 Å². The normalized spacial score (nSPS) is 11.9. The average Bonchev–Trinajstić information content (AvgIpc) is 2.67. The van der Waals surface area contributed by atoms with Gasteiger partial charge in [0.2, 0.25) is 0 Å². The molecule has 0 aliphatic rings. The van der Waals surface area contributed by atoms with Crippen LogP contribution in [0, 0.1) is 0 Å². The van der Waals surface area contributed by atoms with Crippen LogP contribution in [0.1, 0.15) is 5.56 Å². The number of alkyl halides is 3. The molecule has 0 amide bonds. The van der Waals surface area contributed by atoms with Crippen LogP contribution in [0.15, 0.2) is 66.9 Å². The van der Waals surface area contributed by atoms with Crippen molar-refractivity contribution >= 4 is 21.7 Å². The predicted molar refractivity (Wildman–Crippen MR) is 101 cm³/mol. The molecule has 0 radical (unpaired) electrons. The Bertz CT molecular complexity index is 1110. The summed E-state index contributed by atoms with van der Waals surface area (Å²) in [7, 11) is -5.84. The Morgan fingerprint density at radius 1 is 0.966 bits per heavy atom. The van der Waals surface area contributed by atoms with Gasteiger partial charge in [-0.3, -0.25) is 4.98 Å². The Balaban J connectivity index is 1.92. The Labute approximate surface area is 169 Å². The molecule has 3 rings (SSSR count). The molecule has 2 aromatic carbocycles. The summed E-state index contributed by atoms with van der Waals surface area (Å²) in [5, 5.41) is 0.269. The lowest BCUT2D eigenvalue weighted by atomic mass is 10.1. The minimum Gasteiger partial charge on any atom is -0.487 e. The molecule has 5 nitrogen and oxygen atoms in total. The molecule has 0 N–H and O–H groups in total. The Morgan fingerprint density at radius 2 is 1.69 bits per heavy atom. The minimum atomic E-state index is -5.84. The lowest BCUT2D eigenvalue weighted by Gasteiger charge is -2.14. The first kappa shape index (κ1) is 20.9. The maximum absolute atomic E-state index is 12.7. The van der Waals surface area contributed by atoms with Crippen molar-refractivity contribution in [3.8, 4) is 22.8 Å². The standard InChI is InChI=1S/C19H13ClF3NO4S/c20-15-9-8-14(11-17(15)27-12-13-5-2-1-3-6-13)18-16(7-4-10-24-18)28-29(25,26)19(21,22)23/h1-11H,12H2. The summed E-state index contributed by atoms with van der Waals surface area (Å²) in [6.45, 7) is 0.206. The number of nitrogens with zero attached hydrogens (tertiary/aromatic N) is 1. The van der Waals surface area contributed by atoms with Crippen molar-refractivity contribution in [3.05, 3.63) is 77.4 Å². The van der Waals surface area contributed by atoms with E-state index in [1.54, 1.807) is 0 Å². The van der Waals surface area contributed by atoms with E-state index in [0.29, 0.717) is 0 Å². The third kappa shape index (κ3) is 4.99. The molecule has 0 atom stereocenters. The second-order valence-electron chi connectivity index (χ2n) is 5.75. The lowest BCUT2D eigenvalue weighted by Crippen LogP contribution is -2.28. The fourth-order valence-corrected chi connectivity index (χ4v) is 2.97. The zero-order valence-corrected chi connectivity index (χ0v) is 16.1. The highest BCUT2D eigenvalue weighted by Crippen LogP contribution is 2.36. The van der Waals surface area contributed by atoms with E-state index in [-0.39, 0.29) is 28.6 Å². The van der Waals surface area contributed by atoms with Gasteiger partial charge in [-0.25, -0.2) is 0 Å². The third-order valence-electron chi connectivity index (χ3n) is 3.70. The summed E-state index contributed by atoms with van der Waals surface area (Å²) in [5.74, 6) is -0.315. The molecule has 10 heteroatoms. The summed E-state index contributed by atoms with van der Waals surface area (Å²) in [6.07, 6.45) is 1.29. The fraction of sp³-hybridized carbons (Fsp3) is 0.105. The SMILES string of the molecule is O=S(=O)(Oc1cccnc1-c1ccc(Cl)c(OCc2ccccc2)c1)C(F)(F)F. The van der Waals surface area contributed by atoms with Crippen LogP contribution in [-0.2, 0) is 16.7 Å². The van der Waals surface area contributed by atoms with E-state index in [2.05, 4.69) is 9.17 Å². The van der Waals surface area contributed by atoms with Crippen LogP contribution in [0.25, 0.3) is 11.3 Å². The second-order valence-corrected chi connectivity index (χ2v) is 7.70. The van der Waals surface area contributed by atoms with Crippen molar-refractivity contribution in [1.82, 2.24) is 4.98 Å². The number of pyridine rings is 1. The first-order valence-corrected chi connectivity index (χ1v) is 9.88. The molecule has 1 heterocycles. The van der Waals surface area contributed by atoms with Gasteiger partial charge in [0.1, 0.15) is 18.1 Å². The van der Waals surface area contributed by atoms with Crippen molar-refractivity contribution < 1.29 is 30.5 Å². The molecule has 0 spiro atoms. The van der Waals surface area contributed by atoms with Crippen LogP contribution in [0.3, 0.4) is 0 Å². The first-order valence-electron chi connectivity index (χ1n) is 8.10. The maximum atomic E-state index is 12.7. The highest BCUT2D eigenvalue weighted by atomic mass is 35.5. The molecule has 0 saturated heterocycles. The molecule has 1 aromatic heterocycles. The van der Waals surface area contributed by atoms with E-state index in [1.807, 2.05) is 30.3 Å². The fourth-order valence-electron chi connectivity index (χ4n) is 2.34. The molecule has 0 saturated carbocycles. The summed E-state index contributed by atoms with van der Waals surface area (Å²) in [5.41, 5.74) is -4.52. The van der Waals surface area contributed by atoms with Crippen LogP contribution in [0.5, 0.6) is 11.5 Å². The summed E-state index contributed by atoms with van der Waals surface area (Å²) < 4.78 is 70.7. The van der Waals surface area contributed by atoms with Crippen LogP contribution in [0.2, 0.25) is 5.02 Å². The number of hydrogen-bond donors (Lipinski definition) is 0. The van der Waals surface area contributed by atoms with Gasteiger partial charge >= 0.3 is 15.6 Å². The van der Waals surface area contributed by atoms with E-state index in [4.69, 9.17) is 16.3 Å². The van der Waals surface area contributed by atoms with Crippen molar-refractivity contribution in [2.24, 2.45) is 0 Å². The van der Waals surface area contributed by atoms with E-state index >= 15 is 0 Å². The summed E-state index contributed by atoms with van der Waals surface area (Å²) in [6, 6.07) is 16.0. The van der Waals surface area contributed by atoms with Crippen LogP contribution in [0.4, 0.5) is 13.2 Å². The molecular formula is C19H13ClF3NO4S. The monoisotopic (exact) mass is 443 g/mol. The number of ether oxygens (including phenoxy) is 1. The molecule has 0 unspecified atom stereocenters.